The van der Waals surface area contributed by atoms with Crippen LogP contribution < -0.4 is 5.32 Å². The number of Topliss-reactive ketones (excluding diaryl/α,β-unsaturated/α-hetero) is 1. The maximum atomic E-state index is 12.4. The van der Waals surface area contributed by atoms with Crippen LogP contribution in [0.1, 0.15) is 38.9 Å². The molecule has 26 heavy (non-hydrogen) atoms. The lowest BCUT2D eigenvalue weighted by Gasteiger charge is -2.10. The van der Waals surface area contributed by atoms with Crippen molar-refractivity contribution in [2.75, 3.05) is 5.32 Å². The zero-order valence-electron chi connectivity index (χ0n) is 14.7. The van der Waals surface area contributed by atoms with Crippen LogP contribution in [0.25, 0.3) is 0 Å². The second kappa shape index (κ2) is 7.85. The van der Waals surface area contributed by atoms with Gasteiger partial charge in [-0.15, -0.1) is 11.3 Å². The molecule has 0 radical (unpaired) electrons. The largest absolute Gasteiger partial charge is 0.322 e. The first-order valence-electron chi connectivity index (χ1n) is 8.05. The topological polar surface area (TPSA) is 59.1 Å². The van der Waals surface area contributed by atoms with Gasteiger partial charge >= 0.3 is 0 Å². The first-order chi connectivity index (χ1) is 12.4. The summed E-state index contributed by atoms with van der Waals surface area (Å²) >= 11 is 3.24. The number of carbonyl (C=O) groups excluding carboxylic acids is 2. The lowest BCUT2D eigenvalue weighted by atomic mass is 10.1. The number of thiazole rings is 1. The molecule has 3 rings (SSSR count). The molecule has 0 unspecified atom stereocenters. The molecule has 0 atom stereocenters. The minimum absolute atomic E-state index is 0.0173. The normalized spacial score (nSPS) is 10.6. The molecule has 0 fully saturated rings. The van der Waals surface area contributed by atoms with Crippen LogP contribution in [0.15, 0.2) is 57.1 Å². The third kappa shape index (κ3) is 4.39. The van der Waals surface area contributed by atoms with Crippen molar-refractivity contribution in [2.45, 2.75) is 30.0 Å². The van der Waals surface area contributed by atoms with E-state index in [-0.39, 0.29) is 11.7 Å². The van der Waals surface area contributed by atoms with Crippen molar-refractivity contribution in [3.63, 3.8) is 0 Å². The van der Waals surface area contributed by atoms with Crippen molar-refractivity contribution in [2.24, 2.45) is 0 Å². The smallest absolute Gasteiger partial charge is 0.255 e. The number of nitrogens with zero attached hydrogens (tertiary/aromatic N) is 1. The van der Waals surface area contributed by atoms with Gasteiger partial charge in [0.2, 0.25) is 0 Å². The summed E-state index contributed by atoms with van der Waals surface area (Å²) < 4.78 is 1.00. The highest BCUT2D eigenvalue weighted by molar-refractivity contribution is 8.01. The average Bonchev–Trinajstić information content (AvgIpc) is 3.02. The van der Waals surface area contributed by atoms with Gasteiger partial charge in [-0.1, -0.05) is 23.9 Å². The zero-order chi connectivity index (χ0) is 18.7. The number of ketones is 1. The number of anilines is 1. The Morgan fingerprint density at radius 2 is 1.73 bits per heavy atom. The summed E-state index contributed by atoms with van der Waals surface area (Å²) in [5.41, 5.74) is 3.89. The minimum Gasteiger partial charge on any atom is -0.322 e. The Balaban J connectivity index is 1.71. The number of aromatic nitrogens is 1. The first kappa shape index (κ1) is 18.4. The number of aryl methyl sites for hydroxylation is 2. The number of benzene rings is 2. The van der Waals surface area contributed by atoms with Gasteiger partial charge in [-0.25, -0.2) is 4.98 Å². The number of carbonyl (C=O) groups is 2. The monoisotopic (exact) mass is 382 g/mol. The maximum absolute atomic E-state index is 12.4. The van der Waals surface area contributed by atoms with Crippen LogP contribution in [-0.4, -0.2) is 16.7 Å². The summed E-state index contributed by atoms with van der Waals surface area (Å²) in [6, 6.07) is 12.6. The van der Waals surface area contributed by atoms with Crippen molar-refractivity contribution in [1.29, 1.82) is 0 Å². The van der Waals surface area contributed by atoms with Gasteiger partial charge in [0.25, 0.3) is 5.91 Å². The van der Waals surface area contributed by atoms with Crippen LogP contribution in [-0.2, 0) is 0 Å². The SMILES string of the molecule is CC(=O)c1ccc(C(=O)Nc2ccc(Sc3nc(C)cs3)cc2C)cc1. The van der Waals surface area contributed by atoms with E-state index in [1.54, 1.807) is 47.4 Å². The minimum atomic E-state index is -0.195. The number of hydrogen-bond donors (Lipinski definition) is 1. The highest BCUT2D eigenvalue weighted by Crippen LogP contribution is 2.32. The highest BCUT2D eigenvalue weighted by atomic mass is 32.2. The van der Waals surface area contributed by atoms with Crippen LogP contribution in [0, 0.1) is 13.8 Å². The third-order valence-corrected chi connectivity index (χ3v) is 5.85. The molecule has 0 spiro atoms. The van der Waals surface area contributed by atoms with E-state index in [0.29, 0.717) is 11.1 Å². The lowest BCUT2D eigenvalue weighted by molar-refractivity contribution is 0.100. The Bertz CT molecular complexity index is 962. The fraction of sp³-hybridized carbons (Fsp3) is 0.150. The fourth-order valence-corrected chi connectivity index (χ4v) is 4.28. The Morgan fingerprint density at radius 1 is 1.04 bits per heavy atom. The molecule has 1 amide bonds. The van der Waals surface area contributed by atoms with E-state index in [9.17, 15) is 9.59 Å². The molecule has 6 heteroatoms. The average molecular weight is 383 g/mol. The molecule has 0 aliphatic rings. The van der Waals surface area contributed by atoms with Crippen LogP contribution in [0.5, 0.6) is 0 Å². The molecule has 4 nitrogen and oxygen atoms in total. The van der Waals surface area contributed by atoms with Crippen molar-refractivity contribution >= 4 is 40.5 Å². The molecular weight excluding hydrogens is 364 g/mol. The maximum Gasteiger partial charge on any atom is 0.255 e. The molecule has 132 valence electrons. The summed E-state index contributed by atoms with van der Waals surface area (Å²) in [6.45, 7) is 5.45. The van der Waals surface area contributed by atoms with Gasteiger partial charge in [-0.2, -0.15) is 0 Å². The van der Waals surface area contributed by atoms with Crippen molar-refractivity contribution < 1.29 is 9.59 Å². The number of nitrogens with one attached hydrogen (secondary N) is 1. The molecule has 0 aliphatic carbocycles. The molecule has 0 bridgehead atoms. The number of amides is 1. The van der Waals surface area contributed by atoms with Crippen molar-refractivity contribution in [1.82, 2.24) is 4.98 Å². The predicted molar refractivity (Wildman–Crippen MR) is 107 cm³/mol. The summed E-state index contributed by atoms with van der Waals surface area (Å²) in [7, 11) is 0. The second-order valence-corrected chi connectivity index (χ2v) is 8.10. The molecule has 1 aromatic heterocycles. The van der Waals surface area contributed by atoms with E-state index in [1.807, 2.05) is 37.4 Å². The van der Waals surface area contributed by atoms with Gasteiger partial charge in [0, 0.05) is 32.8 Å². The Kier molecular flexibility index (Phi) is 5.54. The molecule has 0 saturated carbocycles. The molecule has 1 N–H and O–H groups in total. The van der Waals surface area contributed by atoms with Crippen LogP contribution in [0.4, 0.5) is 5.69 Å². The van der Waals surface area contributed by atoms with Gasteiger partial charge < -0.3 is 5.32 Å². The molecular formula is C20H18N2O2S2. The van der Waals surface area contributed by atoms with Crippen molar-refractivity contribution in [3.8, 4) is 0 Å². The van der Waals surface area contributed by atoms with Gasteiger partial charge in [-0.3, -0.25) is 9.59 Å². The quantitative estimate of drug-likeness (QED) is 0.603. The van der Waals surface area contributed by atoms with Gasteiger partial charge in [-0.05, 0) is 56.7 Å². The van der Waals surface area contributed by atoms with Gasteiger partial charge in [0.15, 0.2) is 10.1 Å². The zero-order valence-corrected chi connectivity index (χ0v) is 16.3. The predicted octanol–water partition coefficient (Wildman–Crippen LogP) is 5.37. The van der Waals surface area contributed by atoms with E-state index in [1.165, 1.54) is 6.92 Å². The summed E-state index contributed by atoms with van der Waals surface area (Å²) in [6.07, 6.45) is 0. The Morgan fingerprint density at radius 3 is 2.31 bits per heavy atom. The van der Waals surface area contributed by atoms with Crippen LogP contribution >= 0.6 is 23.1 Å². The second-order valence-electron chi connectivity index (χ2n) is 5.92. The number of hydrogen-bond acceptors (Lipinski definition) is 5. The Labute approximate surface area is 160 Å². The van der Waals surface area contributed by atoms with Crippen molar-refractivity contribution in [3.05, 3.63) is 70.2 Å². The first-order valence-corrected chi connectivity index (χ1v) is 9.75. The van der Waals surface area contributed by atoms with E-state index in [2.05, 4.69) is 10.3 Å². The summed E-state index contributed by atoms with van der Waals surface area (Å²) in [5.74, 6) is -0.213. The fourth-order valence-electron chi connectivity index (χ4n) is 2.37. The van der Waals surface area contributed by atoms with Gasteiger partial charge in [0.05, 0.1) is 0 Å². The summed E-state index contributed by atoms with van der Waals surface area (Å²) in [5, 5.41) is 4.95. The molecule has 3 aromatic rings. The molecule has 0 aliphatic heterocycles. The van der Waals surface area contributed by atoms with E-state index in [4.69, 9.17) is 0 Å². The molecule has 1 heterocycles. The highest BCUT2D eigenvalue weighted by Gasteiger charge is 2.10. The Hall–Kier alpha value is -2.44. The summed E-state index contributed by atoms with van der Waals surface area (Å²) in [4.78, 5) is 29.3. The van der Waals surface area contributed by atoms with E-state index in [0.717, 1.165) is 26.2 Å². The van der Waals surface area contributed by atoms with Crippen LogP contribution in [0.3, 0.4) is 0 Å². The standard InChI is InChI=1S/C20H18N2O2S2/c1-12-10-17(26-20-21-13(2)11-25-20)8-9-18(12)22-19(24)16-6-4-15(5-7-16)14(3)23/h4-11H,1-3H3,(H,22,24). The van der Waals surface area contributed by atoms with Crippen LogP contribution in [0.2, 0.25) is 0 Å². The molecule has 2 aromatic carbocycles. The lowest BCUT2D eigenvalue weighted by Crippen LogP contribution is -2.13. The van der Waals surface area contributed by atoms with E-state index < -0.39 is 0 Å². The van der Waals surface area contributed by atoms with E-state index >= 15 is 0 Å². The molecule has 0 saturated heterocycles. The number of rotatable bonds is 5. The van der Waals surface area contributed by atoms with Gasteiger partial charge in [0.1, 0.15) is 0 Å². The third-order valence-electron chi connectivity index (χ3n) is 3.80.